The lowest BCUT2D eigenvalue weighted by molar-refractivity contribution is -0.904. The van der Waals surface area contributed by atoms with Crippen LogP contribution in [0, 0.1) is 0 Å². The zero-order chi connectivity index (χ0) is 15.1. The Hall–Kier alpha value is -0.910. The van der Waals surface area contributed by atoms with Crippen LogP contribution in [0.4, 0.5) is 0 Å². The predicted molar refractivity (Wildman–Crippen MR) is 85.0 cm³/mol. The van der Waals surface area contributed by atoms with Gasteiger partial charge in [0.1, 0.15) is 0 Å². The van der Waals surface area contributed by atoms with E-state index in [0.29, 0.717) is 11.4 Å². The molecular weight excluding hydrogens is 284 g/mol. The molecule has 2 N–H and O–H groups in total. The molecule has 1 aliphatic heterocycles. The van der Waals surface area contributed by atoms with Crippen LogP contribution in [-0.2, 0) is 16.4 Å². The lowest BCUT2D eigenvalue weighted by Gasteiger charge is -2.23. The average Bonchev–Trinajstić information content (AvgIpc) is 2.53. The Balaban J connectivity index is 1.77. The molecule has 4 nitrogen and oxygen atoms in total. The summed E-state index contributed by atoms with van der Waals surface area (Å²) in [6, 6.07) is 7.15. The molecule has 2 rings (SSSR count). The Morgan fingerprint density at radius 1 is 1.10 bits per heavy atom. The van der Waals surface area contributed by atoms with Crippen LogP contribution in [0.3, 0.4) is 0 Å². The molecule has 5 heteroatoms. The van der Waals surface area contributed by atoms with Gasteiger partial charge in [0, 0.05) is 13.0 Å². The third-order valence-corrected chi connectivity index (χ3v) is 5.68. The zero-order valence-electron chi connectivity index (χ0n) is 12.9. The molecule has 21 heavy (non-hydrogen) atoms. The molecule has 0 aromatic heterocycles. The van der Waals surface area contributed by atoms with E-state index in [9.17, 15) is 8.42 Å². The van der Waals surface area contributed by atoms with Crippen LogP contribution in [0.1, 0.15) is 38.2 Å². The molecule has 1 fully saturated rings. The van der Waals surface area contributed by atoms with Crippen LogP contribution >= 0.6 is 0 Å². The van der Waals surface area contributed by atoms with Crippen molar-refractivity contribution in [2.75, 3.05) is 26.2 Å². The van der Waals surface area contributed by atoms with E-state index >= 15 is 0 Å². The second-order valence-corrected chi connectivity index (χ2v) is 7.58. The minimum atomic E-state index is -3.35. The first-order valence-corrected chi connectivity index (χ1v) is 9.52. The SMILES string of the molecule is CCc1ccc(S(=O)(=O)NCCC[NH+]2CCCCC2)cc1. The van der Waals surface area contributed by atoms with Gasteiger partial charge in [-0.2, -0.15) is 0 Å². The van der Waals surface area contributed by atoms with E-state index in [4.69, 9.17) is 0 Å². The summed E-state index contributed by atoms with van der Waals surface area (Å²) in [5.41, 5.74) is 1.16. The van der Waals surface area contributed by atoms with Crippen LogP contribution in [0.5, 0.6) is 0 Å². The van der Waals surface area contributed by atoms with Crippen LogP contribution < -0.4 is 9.62 Å². The summed E-state index contributed by atoms with van der Waals surface area (Å²) < 4.78 is 27.0. The standard InChI is InChI=1S/C16H26N2O2S/c1-2-15-7-9-16(10-8-15)21(19,20)17-11-6-14-18-12-4-3-5-13-18/h7-10,17H,2-6,11-14H2,1H3/p+1. The molecule has 1 saturated heterocycles. The Labute approximate surface area is 128 Å². The number of nitrogens with one attached hydrogen (secondary N) is 2. The molecule has 118 valence electrons. The number of quaternary nitrogens is 1. The van der Waals surface area contributed by atoms with Crippen molar-refractivity contribution in [1.82, 2.24) is 4.72 Å². The van der Waals surface area contributed by atoms with Crippen molar-refractivity contribution in [2.24, 2.45) is 0 Å². The summed E-state index contributed by atoms with van der Waals surface area (Å²) in [7, 11) is -3.35. The van der Waals surface area contributed by atoms with Gasteiger partial charge < -0.3 is 4.90 Å². The minimum Gasteiger partial charge on any atom is -0.335 e. The summed E-state index contributed by atoms with van der Waals surface area (Å²) in [5.74, 6) is 0. The second-order valence-electron chi connectivity index (χ2n) is 5.81. The molecule has 1 aromatic rings. The molecule has 0 amide bonds. The molecule has 0 spiro atoms. The highest BCUT2D eigenvalue weighted by Gasteiger charge is 2.15. The molecule has 1 heterocycles. The molecule has 0 aliphatic carbocycles. The fourth-order valence-corrected chi connectivity index (χ4v) is 3.91. The number of likely N-dealkylation sites (tertiary alicyclic amines) is 1. The van der Waals surface area contributed by atoms with Crippen LogP contribution in [-0.4, -0.2) is 34.6 Å². The van der Waals surface area contributed by atoms with Gasteiger partial charge in [0.15, 0.2) is 0 Å². The quantitative estimate of drug-likeness (QED) is 0.738. The lowest BCUT2D eigenvalue weighted by atomic mass is 10.1. The van der Waals surface area contributed by atoms with Gasteiger partial charge in [-0.25, -0.2) is 13.1 Å². The Bertz CT molecular complexity index is 520. The Kier molecular flexibility index (Phi) is 6.21. The summed E-state index contributed by atoms with van der Waals surface area (Å²) in [5, 5.41) is 0. The monoisotopic (exact) mass is 311 g/mol. The van der Waals surface area contributed by atoms with E-state index < -0.39 is 10.0 Å². The Morgan fingerprint density at radius 2 is 1.76 bits per heavy atom. The molecular formula is C16H27N2O2S+. The van der Waals surface area contributed by atoms with Gasteiger partial charge in [0.05, 0.1) is 24.5 Å². The summed E-state index contributed by atoms with van der Waals surface area (Å²) in [4.78, 5) is 1.98. The molecule has 0 atom stereocenters. The minimum absolute atomic E-state index is 0.366. The normalized spacial score (nSPS) is 17.0. The van der Waals surface area contributed by atoms with Gasteiger partial charge in [-0.1, -0.05) is 19.1 Å². The highest BCUT2D eigenvalue weighted by atomic mass is 32.2. The summed E-state index contributed by atoms with van der Waals surface area (Å²) in [6.45, 7) is 6.14. The van der Waals surface area contributed by atoms with E-state index in [1.54, 1.807) is 17.0 Å². The van der Waals surface area contributed by atoms with Crippen molar-refractivity contribution in [3.63, 3.8) is 0 Å². The average molecular weight is 311 g/mol. The molecule has 0 radical (unpaired) electrons. The molecule has 1 aliphatic rings. The number of piperidine rings is 1. The molecule has 0 bridgehead atoms. The molecule has 0 unspecified atom stereocenters. The van der Waals surface area contributed by atoms with Crippen molar-refractivity contribution in [3.8, 4) is 0 Å². The zero-order valence-corrected chi connectivity index (χ0v) is 13.7. The first-order chi connectivity index (χ1) is 10.1. The fraction of sp³-hybridized carbons (Fsp3) is 0.625. The number of hydrogen-bond acceptors (Lipinski definition) is 2. The maximum Gasteiger partial charge on any atom is 0.240 e. The highest BCUT2D eigenvalue weighted by Crippen LogP contribution is 2.10. The number of sulfonamides is 1. The van der Waals surface area contributed by atoms with Gasteiger partial charge in [-0.05, 0) is 43.4 Å². The number of rotatable bonds is 7. The van der Waals surface area contributed by atoms with Crippen molar-refractivity contribution >= 4 is 10.0 Å². The summed E-state index contributed by atoms with van der Waals surface area (Å²) in [6.07, 6.45) is 5.80. The van der Waals surface area contributed by atoms with E-state index in [1.165, 1.54) is 32.4 Å². The fourth-order valence-electron chi connectivity index (χ4n) is 2.83. The predicted octanol–water partition coefficient (Wildman–Crippen LogP) is 0.986. The van der Waals surface area contributed by atoms with Gasteiger partial charge in [0.25, 0.3) is 0 Å². The van der Waals surface area contributed by atoms with Gasteiger partial charge in [-0.3, -0.25) is 0 Å². The molecule has 1 aromatic carbocycles. The van der Waals surface area contributed by atoms with Gasteiger partial charge in [-0.15, -0.1) is 0 Å². The third-order valence-electron chi connectivity index (χ3n) is 4.20. The maximum absolute atomic E-state index is 12.2. The van der Waals surface area contributed by atoms with Crippen molar-refractivity contribution in [3.05, 3.63) is 29.8 Å². The molecule has 0 saturated carbocycles. The van der Waals surface area contributed by atoms with E-state index in [2.05, 4.69) is 11.6 Å². The third kappa shape index (κ3) is 5.09. The maximum atomic E-state index is 12.2. The number of benzene rings is 1. The number of hydrogen-bond donors (Lipinski definition) is 2. The first kappa shape index (κ1) is 16.5. The van der Waals surface area contributed by atoms with Crippen molar-refractivity contribution in [1.29, 1.82) is 0 Å². The Morgan fingerprint density at radius 3 is 2.38 bits per heavy atom. The smallest absolute Gasteiger partial charge is 0.240 e. The van der Waals surface area contributed by atoms with E-state index in [-0.39, 0.29) is 0 Å². The van der Waals surface area contributed by atoms with Gasteiger partial charge in [0.2, 0.25) is 10.0 Å². The lowest BCUT2D eigenvalue weighted by Crippen LogP contribution is -3.12. The number of aryl methyl sites for hydroxylation is 1. The van der Waals surface area contributed by atoms with Crippen LogP contribution in [0.25, 0.3) is 0 Å². The van der Waals surface area contributed by atoms with Crippen molar-refractivity contribution in [2.45, 2.75) is 43.9 Å². The van der Waals surface area contributed by atoms with Gasteiger partial charge >= 0.3 is 0 Å². The largest absolute Gasteiger partial charge is 0.335 e. The van der Waals surface area contributed by atoms with E-state index in [1.807, 2.05) is 12.1 Å². The van der Waals surface area contributed by atoms with Crippen molar-refractivity contribution < 1.29 is 13.3 Å². The first-order valence-electron chi connectivity index (χ1n) is 8.04. The van der Waals surface area contributed by atoms with Crippen LogP contribution in [0.15, 0.2) is 29.2 Å². The second kappa shape index (κ2) is 7.92. The van der Waals surface area contributed by atoms with Crippen LogP contribution in [0.2, 0.25) is 0 Å². The summed E-state index contributed by atoms with van der Waals surface area (Å²) >= 11 is 0. The highest BCUT2D eigenvalue weighted by molar-refractivity contribution is 7.89. The van der Waals surface area contributed by atoms with E-state index in [0.717, 1.165) is 24.9 Å². The topological polar surface area (TPSA) is 50.6 Å².